The normalized spacial score (nSPS) is 42.0. The third-order valence-corrected chi connectivity index (χ3v) is 0.885. The Morgan fingerprint density at radius 1 is 1.86 bits per heavy atom. The van der Waals surface area contributed by atoms with E-state index in [0.29, 0.717) is 6.61 Å². The summed E-state index contributed by atoms with van der Waals surface area (Å²) in [7, 11) is 0. The highest BCUT2D eigenvalue weighted by Gasteiger charge is 2.20. The molecule has 4 nitrogen and oxygen atoms in total. The molecule has 0 bridgehead atoms. The molecule has 1 rings (SSSR count). The summed E-state index contributed by atoms with van der Waals surface area (Å²) in [6.07, 6.45) is -0.681. The number of hydrogen-bond acceptors (Lipinski definition) is 4. The molecule has 0 saturated carbocycles. The summed E-state index contributed by atoms with van der Waals surface area (Å²) in [5, 5.41) is 8.64. The van der Waals surface area contributed by atoms with Gasteiger partial charge < -0.3 is 10.8 Å². The number of hydrogen-bond donors (Lipinski definition) is 3. The largest absolute Gasteiger partial charge is 0.375 e. The summed E-state index contributed by atoms with van der Waals surface area (Å²) in [5.74, 6) is 0. The predicted octanol–water partition coefficient (Wildman–Crippen LogP) is -1.83. The molecule has 0 aromatic rings. The fourth-order valence-corrected chi connectivity index (χ4v) is 0.408. The van der Waals surface area contributed by atoms with E-state index in [0.717, 1.165) is 0 Å². The van der Waals surface area contributed by atoms with Crippen LogP contribution in [0.5, 0.6) is 0 Å². The summed E-state index contributed by atoms with van der Waals surface area (Å²) >= 11 is 0. The number of hydroxylamine groups is 1. The van der Waals surface area contributed by atoms with Crippen LogP contribution >= 0.6 is 0 Å². The summed E-state index contributed by atoms with van der Waals surface area (Å²) in [5.41, 5.74) is 7.54. The van der Waals surface area contributed by atoms with Crippen molar-refractivity contribution in [3.63, 3.8) is 0 Å². The Hall–Kier alpha value is -0.160. The second-order valence-corrected chi connectivity index (χ2v) is 1.54. The van der Waals surface area contributed by atoms with E-state index in [2.05, 4.69) is 10.3 Å². The first kappa shape index (κ1) is 4.99. The van der Waals surface area contributed by atoms with Crippen LogP contribution < -0.4 is 11.2 Å². The lowest BCUT2D eigenvalue weighted by Gasteiger charge is -2.01. The molecule has 2 unspecified atom stereocenters. The van der Waals surface area contributed by atoms with Crippen molar-refractivity contribution in [2.24, 2.45) is 5.73 Å². The van der Waals surface area contributed by atoms with Crippen molar-refractivity contribution in [3.8, 4) is 0 Å². The first-order valence-corrected chi connectivity index (χ1v) is 2.11. The highest BCUT2D eigenvalue weighted by molar-refractivity contribution is 4.69. The average Bonchev–Trinajstić information content (AvgIpc) is 1.91. The standard InChI is InChI=1S/C3H8N2O2/c4-2-1-7-5-3(2)6/h2-3,5-6H,1,4H2. The minimum Gasteiger partial charge on any atom is -0.375 e. The molecule has 0 aliphatic carbocycles. The molecular weight excluding hydrogens is 96.0 g/mol. The van der Waals surface area contributed by atoms with Gasteiger partial charge in [-0.1, -0.05) is 0 Å². The summed E-state index contributed by atoms with van der Waals surface area (Å²) < 4.78 is 0. The lowest BCUT2D eigenvalue weighted by atomic mass is 10.3. The van der Waals surface area contributed by atoms with Gasteiger partial charge in [0.05, 0.1) is 12.6 Å². The van der Waals surface area contributed by atoms with Gasteiger partial charge in [0.1, 0.15) is 6.23 Å². The van der Waals surface area contributed by atoms with Crippen molar-refractivity contribution < 1.29 is 9.94 Å². The van der Waals surface area contributed by atoms with Crippen LogP contribution in [0, 0.1) is 0 Å². The molecule has 0 radical (unpaired) electrons. The highest BCUT2D eigenvalue weighted by atomic mass is 16.7. The number of rotatable bonds is 0. The Bertz CT molecular complexity index is 60.0. The van der Waals surface area contributed by atoms with Crippen LogP contribution in [0.25, 0.3) is 0 Å². The van der Waals surface area contributed by atoms with Crippen LogP contribution in [-0.2, 0) is 4.84 Å². The van der Waals surface area contributed by atoms with Gasteiger partial charge in [-0.2, -0.15) is 5.48 Å². The zero-order valence-electron chi connectivity index (χ0n) is 3.79. The topological polar surface area (TPSA) is 67.5 Å². The molecule has 0 aromatic carbocycles. The van der Waals surface area contributed by atoms with E-state index in [9.17, 15) is 0 Å². The molecule has 0 spiro atoms. The SMILES string of the molecule is NC1CONC1O. The summed E-state index contributed by atoms with van der Waals surface area (Å²) in [6.45, 7) is 0.390. The number of aliphatic hydroxyl groups excluding tert-OH is 1. The molecule has 0 amide bonds. The van der Waals surface area contributed by atoms with E-state index in [1.54, 1.807) is 0 Å². The van der Waals surface area contributed by atoms with Crippen LogP contribution in [0.3, 0.4) is 0 Å². The van der Waals surface area contributed by atoms with Gasteiger partial charge in [0, 0.05) is 0 Å². The first-order chi connectivity index (χ1) is 3.30. The van der Waals surface area contributed by atoms with Gasteiger partial charge in [0.15, 0.2) is 0 Å². The molecular formula is C3H8N2O2. The van der Waals surface area contributed by atoms with E-state index in [4.69, 9.17) is 10.8 Å². The van der Waals surface area contributed by atoms with Gasteiger partial charge in [0.25, 0.3) is 0 Å². The van der Waals surface area contributed by atoms with E-state index in [1.165, 1.54) is 0 Å². The van der Waals surface area contributed by atoms with Crippen LogP contribution in [-0.4, -0.2) is 24.0 Å². The lowest BCUT2D eigenvalue weighted by molar-refractivity contribution is 0.0241. The Balaban J connectivity index is 2.33. The van der Waals surface area contributed by atoms with Crippen molar-refractivity contribution in [1.29, 1.82) is 0 Å². The molecule has 1 aliphatic rings. The fourth-order valence-electron chi connectivity index (χ4n) is 0.408. The molecule has 1 fully saturated rings. The molecule has 4 heteroatoms. The number of nitrogens with one attached hydrogen (secondary N) is 1. The van der Waals surface area contributed by atoms with E-state index >= 15 is 0 Å². The lowest BCUT2D eigenvalue weighted by Crippen LogP contribution is -2.36. The molecule has 4 N–H and O–H groups in total. The Kier molecular flexibility index (Phi) is 1.25. The molecule has 7 heavy (non-hydrogen) atoms. The maximum absolute atomic E-state index is 8.64. The summed E-state index contributed by atoms with van der Waals surface area (Å²) in [4.78, 5) is 4.54. The monoisotopic (exact) mass is 104 g/mol. The van der Waals surface area contributed by atoms with Crippen LogP contribution in [0.2, 0.25) is 0 Å². The third kappa shape index (κ3) is 0.889. The quantitative estimate of drug-likeness (QED) is 0.338. The third-order valence-electron chi connectivity index (χ3n) is 0.885. The maximum atomic E-state index is 8.64. The van der Waals surface area contributed by atoms with Crippen LogP contribution in [0.4, 0.5) is 0 Å². The van der Waals surface area contributed by atoms with Gasteiger partial charge in [-0.25, -0.2) is 0 Å². The fraction of sp³-hybridized carbons (Fsp3) is 1.00. The number of nitrogens with two attached hydrogens (primary N) is 1. The Labute approximate surface area is 41.2 Å². The second kappa shape index (κ2) is 1.75. The van der Waals surface area contributed by atoms with Crippen molar-refractivity contribution in [1.82, 2.24) is 5.48 Å². The zero-order valence-corrected chi connectivity index (χ0v) is 3.79. The van der Waals surface area contributed by atoms with Gasteiger partial charge in [-0.05, 0) is 0 Å². The zero-order chi connectivity index (χ0) is 5.28. The first-order valence-electron chi connectivity index (χ1n) is 2.11. The smallest absolute Gasteiger partial charge is 0.144 e. The van der Waals surface area contributed by atoms with Crippen LogP contribution in [0.15, 0.2) is 0 Å². The van der Waals surface area contributed by atoms with E-state index < -0.39 is 6.23 Å². The second-order valence-electron chi connectivity index (χ2n) is 1.54. The van der Waals surface area contributed by atoms with Gasteiger partial charge in [-0.3, -0.25) is 4.84 Å². The molecule has 1 saturated heterocycles. The maximum Gasteiger partial charge on any atom is 0.144 e. The van der Waals surface area contributed by atoms with E-state index in [1.807, 2.05) is 0 Å². The van der Waals surface area contributed by atoms with Gasteiger partial charge in [-0.15, -0.1) is 0 Å². The summed E-state index contributed by atoms with van der Waals surface area (Å²) in [6, 6.07) is -0.264. The Morgan fingerprint density at radius 2 is 2.57 bits per heavy atom. The predicted molar refractivity (Wildman–Crippen MR) is 23.1 cm³/mol. The van der Waals surface area contributed by atoms with E-state index in [-0.39, 0.29) is 6.04 Å². The number of aliphatic hydroxyl groups is 1. The molecule has 2 atom stereocenters. The molecule has 1 aliphatic heterocycles. The Morgan fingerprint density at radius 3 is 2.71 bits per heavy atom. The van der Waals surface area contributed by atoms with Crippen molar-refractivity contribution >= 4 is 0 Å². The van der Waals surface area contributed by atoms with Crippen molar-refractivity contribution in [2.45, 2.75) is 12.3 Å². The molecule has 1 heterocycles. The highest BCUT2D eigenvalue weighted by Crippen LogP contribution is 1.93. The molecule has 42 valence electrons. The van der Waals surface area contributed by atoms with Gasteiger partial charge in [0.2, 0.25) is 0 Å². The minimum absolute atomic E-state index is 0.264. The minimum atomic E-state index is -0.681. The van der Waals surface area contributed by atoms with Crippen molar-refractivity contribution in [2.75, 3.05) is 6.61 Å². The molecule has 0 aromatic heterocycles. The average molecular weight is 104 g/mol. The van der Waals surface area contributed by atoms with Gasteiger partial charge >= 0.3 is 0 Å². The van der Waals surface area contributed by atoms with Crippen LogP contribution in [0.1, 0.15) is 0 Å². The van der Waals surface area contributed by atoms with Crippen molar-refractivity contribution in [3.05, 3.63) is 0 Å².